The van der Waals surface area contributed by atoms with E-state index in [1.807, 2.05) is 11.8 Å². The van der Waals surface area contributed by atoms with E-state index in [9.17, 15) is 4.57 Å². The van der Waals surface area contributed by atoms with E-state index in [0.717, 1.165) is 10.2 Å². The van der Waals surface area contributed by atoms with Gasteiger partial charge in [-0.3, -0.25) is 4.57 Å². The van der Waals surface area contributed by atoms with Gasteiger partial charge in [-0.1, -0.05) is 0 Å². The normalized spacial score (nSPS) is 21.2. The maximum atomic E-state index is 11.8. The summed E-state index contributed by atoms with van der Waals surface area (Å²) < 4.78 is 21.6. The summed E-state index contributed by atoms with van der Waals surface area (Å²) in [5, 5.41) is 1.93. The van der Waals surface area contributed by atoms with Crippen molar-refractivity contribution in [2.45, 2.75) is 4.32 Å². The maximum Gasteiger partial charge on any atom is 0.352 e. The van der Waals surface area contributed by atoms with Gasteiger partial charge in [0, 0.05) is 24.4 Å². The Morgan fingerprint density at radius 1 is 1.25 bits per heavy atom. The third-order valence-electron chi connectivity index (χ3n) is 1.36. The van der Waals surface area contributed by atoms with Crippen LogP contribution >= 0.6 is 42.9 Å². The van der Waals surface area contributed by atoms with Gasteiger partial charge in [0.1, 0.15) is 0 Å². The molecule has 7 heteroatoms. The van der Waals surface area contributed by atoms with Crippen molar-refractivity contribution in [2.75, 3.05) is 24.4 Å². The molecule has 1 heterocycles. The SMILES string of the molecule is COP(=O)(OC)C1SCSCS1. The number of rotatable bonds is 3. The zero-order valence-corrected chi connectivity index (χ0v) is 10.2. The highest BCUT2D eigenvalue weighted by molar-refractivity contribution is 8.36. The Hall–Kier alpha value is 1.20. The van der Waals surface area contributed by atoms with E-state index < -0.39 is 7.60 Å². The molecule has 0 aromatic rings. The minimum atomic E-state index is -2.84. The Kier molecular flexibility index (Phi) is 4.86. The van der Waals surface area contributed by atoms with E-state index in [4.69, 9.17) is 9.05 Å². The van der Waals surface area contributed by atoms with E-state index >= 15 is 0 Å². The smallest absolute Gasteiger partial charge is 0.311 e. The summed E-state index contributed by atoms with van der Waals surface area (Å²) >= 11 is 5.09. The summed E-state index contributed by atoms with van der Waals surface area (Å²) in [6.45, 7) is 0. The first-order valence-corrected chi connectivity index (χ1v) is 8.11. The van der Waals surface area contributed by atoms with Crippen molar-refractivity contribution in [2.24, 2.45) is 0 Å². The van der Waals surface area contributed by atoms with Gasteiger partial charge in [-0.05, 0) is 0 Å². The first-order chi connectivity index (χ1) is 5.73. The zero-order valence-electron chi connectivity index (χ0n) is 6.89. The molecule has 0 aliphatic carbocycles. The van der Waals surface area contributed by atoms with Crippen molar-refractivity contribution in [1.29, 1.82) is 0 Å². The fraction of sp³-hybridized carbons (Fsp3) is 1.00. The lowest BCUT2D eigenvalue weighted by Gasteiger charge is -2.25. The number of hydrogen-bond acceptors (Lipinski definition) is 6. The monoisotopic (exact) mass is 246 g/mol. The van der Waals surface area contributed by atoms with E-state index in [-0.39, 0.29) is 4.32 Å². The van der Waals surface area contributed by atoms with Gasteiger partial charge in [-0.2, -0.15) is 0 Å². The predicted molar refractivity (Wildman–Crippen MR) is 57.9 cm³/mol. The highest BCUT2D eigenvalue weighted by Crippen LogP contribution is 2.62. The quantitative estimate of drug-likeness (QED) is 0.712. The second kappa shape index (κ2) is 5.17. The lowest BCUT2D eigenvalue weighted by molar-refractivity contribution is 0.279. The molecule has 0 aromatic carbocycles. The van der Waals surface area contributed by atoms with E-state index in [2.05, 4.69) is 0 Å². The summed E-state index contributed by atoms with van der Waals surface area (Å²) in [7, 11) is 0.0313. The van der Waals surface area contributed by atoms with Crippen molar-refractivity contribution in [3.63, 3.8) is 0 Å². The molecule has 1 aliphatic rings. The summed E-state index contributed by atoms with van der Waals surface area (Å²) in [6, 6.07) is 0. The molecule has 72 valence electrons. The van der Waals surface area contributed by atoms with Crippen LogP contribution in [0.3, 0.4) is 0 Å². The van der Waals surface area contributed by atoms with Crippen molar-refractivity contribution in [1.82, 2.24) is 0 Å². The van der Waals surface area contributed by atoms with E-state index in [0.29, 0.717) is 0 Å². The first kappa shape index (κ1) is 11.3. The Labute approximate surface area is 85.3 Å². The summed E-state index contributed by atoms with van der Waals surface area (Å²) in [5.74, 6) is 0. The van der Waals surface area contributed by atoms with Gasteiger partial charge in [-0.25, -0.2) is 0 Å². The van der Waals surface area contributed by atoms with Crippen LogP contribution in [0.1, 0.15) is 0 Å². The van der Waals surface area contributed by atoms with Crippen LogP contribution in [0.4, 0.5) is 0 Å². The topological polar surface area (TPSA) is 35.5 Å². The van der Waals surface area contributed by atoms with Crippen LogP contribution in [0.2, 0.25) is 0 Å². The van der Waals surface area contributed by atoms with Crippen molar-refractivity contribution >= 4 is 42.9 Å². The molecule has 1 rings (SSSR count). The molecule has 12 heavy (non-hydrogen) atoms. The minimum Gasteiger partial charge on any atom is -0.311 e. The molecular formula is C5H11O3PS3. The minimum absolute atomic E-state index is 0.0475. The standard InChI is InChI=1S/C5H11O3PS3/c1-7-9(6,8-2)5-11-3-10-4-12-5/h5H,3-4H2,1-2H3. The van der Waals surface area contributed by atoms with Crippen molar-refractivity contribution in [3.05, 3.63) is 0 Å². The van der Waals surface area contributed by atoms with Gasteiger partial charge in [0.15, 0.2) is 4.32 Å². The zero-order chi connectivity index (χ0) is 9.03. The largest absolute Gasteiger partial charge is 0.352 e. The molecule has 1 saturated heterocycles. The first-order valence-electron chi connectivity index (χ1n) is 3.25. The molecule has 0 spiro atoms. The molecule has 1 aliphatic heterocycles. The molecule has 0 radical (unpaired) electrons. The van der Waals surface area contributed by atoms with Crippen LogP contribution in [0.15, 0.2) is 0 Å². The Balaban J connectivity index is 2.58. The van der Waals surface area contributed by atoms with Gasteiger partial charge >= 0.3 is 7.60 Å². The highest BCUT2D eigenvalue weighted by atomic mass is 32.3. The summed E-state index contributed by atoms with van der Waals surface area (Å²) in [5.41, 5.74) is 0. The van der Waals surface area contributed by atoms with Gasteiger partial charge in [0.2, 0.25) is 0 Å². The van der Waals surface area contributed by atoms with Gasteiger partial charge < -0.3 is 9.05 Å². The molecule has 0 unspecified atom stereocenters. The van der Waals surface area contributed by atoms with Crippen LogP contribution < -0.4 is 0 Å². The molecule has 0 N–H and O–H groups in total. The Morgan fingerprint density at radius 3 is 2.17 bits per heavy atom. The second-order valence-electron chi connectivity index (χ2n) is 1.99. The van der Waals surface area contributed by atoms with Gasteiger partial charge in [-0.15, -0.1) is 35.3 Å². The number of thioether (sulfide) groups is 3. The fourth-order valence-corrected chi connectivity index (χ4v) is 8.78. The van der Waals surface area contributed by atoms with Crippen molar-refractivity contribution in [3.8, 4) is 0 Å². The fourth-order valence-electron chi connectivity index (χ4n) is 0.724. The van der Waals surface area contributed by atoms with Crippen molar-refractivity contribution < 1.29 is 13.6 Å². The summed E-state index contributed by atoms with van der Waals surface area (Å²) in [6.07, 6.45) is 0. The average molecular weight is 246 g/mol. The number of hydrogen-bond donors (Lipinski definition) is 0. The molecule has 0 atom stereocenters. The molecule has 1 fully saturated rings. The van der Waals surface area contributed by atoms with Crippen LogP contribution in [0, 0.1) is 0 Å². The van der Waals surface area contributed by atoms with Crippen LogP contribution in [-0.2, 0) is 13.6 Å². The van der Waals surface area contributed by atoms with Crippen LogP contribution in [-0.4, -0.2) is 28.7 Å². The third-order valence-corrected chi connectivity index (χ3v) is 9.14. The molecule has 3 nitrogen and oxygen atoms in total. The molecule has 0 bridgehead atoms. The van der Waals surface area contributed by atoms with Crippen LogP contribution in [0.5, 0.6) is 0 Å². The predicted octanol–water partition coefficient (Wildman–Crippen LogP) is 2.88. The van der Waals surface area contributed by atoms with Gasteiger partial charge in [0.25, 0.3) is 0 Å². The van der Waals surface area contributed by atoms with Crippen LogP contribution in [0.25, 0.3) is 0 Å². The Bertz CT molecular complexity index is 175. The van der Waals surface area contributed by atoms with Gasteiger partial charge in [0.05, 0.1) is 0 Å². The lowest BCUT2D eigenvalue weighted by Crippen LogP contribution is -2.07. The van der Waals surface area contributed by atoms with E-state index in [1.54, 1.807) is 23.5 Å². The second-order valence-corrected chi connectivity index (χ2v) is 9.21. The summed E-state index contributed by atoms with van der Waals surface area (Å²) in [4.78, 5) is 0. The molecule has 0 amide bonds. The molecule has 0 saturated carbocycles. The lowest BCUT2D eigenvalue weighted by atomic mass is 11.8. The third kappa shape index (κ3) is 2.59. The highest BCUT2D eigenvalue weighted by Gasteiger charge is 2.36. The average Bonchev–Trinajstić information content (AvgIpc) is 2.18. The molecule has 0 aromatic heterocycles. The molecular weight excluding hydrogens is 235 g/mol. The maximum absolute atomic E-state index is 11.8. The van der Waals surface area contributed by atoms with E-state index in [1.165, 1.54) is 14.2 Å². The Morgan fingerprint density at radius 2 is 1.75 bits per heavy atom.